The third kappa shape index (κ3) is 2.83. The molecule has 1 unspecified atom stereocenters. The Bertz CT molecular complexity index is 628. The second kappa shape index (κ2) is 5.97. The number of fused-ring (bicyclic) bond motifs is 1. The summed E-state index contributed by atoms with van der Waals surface area (Å²) in [6, 6.07) is 5.27. The minimum absolute atomic E-state index is 0.183. The number of rotatable bonds is 4. The number of anilines is 1. The van der Waals surface area contributed by atoms with Crippen molar-refractivity contribution < 1.29 is 23.8 Å². The molecule has 0 spiro atoms. The maximum Gasteiger partial charge on any atom is 0.414 e. The van der Waals surface area contributed by atoms with Crippen molar-refractivity contribution in [3.63, 3.8) is 0 Å². The van der Waals surface area contributed by atoms with Crippen LogP contribution in [0.25, 0.3) is 0 Å². The molecule has 1 fully saturated rings. The van der Waals surface area contributed by atoms with E-state index in [4.69, 9.17) is 14.2 Å². The van der Waals surface area contributed by atoms with Gasteiger partial charge in [0.25, 0.3) is 0 Å². The van der Waals surface area contributed by atoms with Crippen LogP contribution in [0.15, 0.2) is 30.4 Å². The van der Waals surface area contributed by atoms with E-state index in [0.717, 1.165) is 0 Å². The maximum atomic E-state index is 12.0. The topological polar surface area (TPSA) is 77.1 Å². The third-order valence-electron chi connectivity index (χ3n) is 3.36. The average Bonchev–Trinajstić information content (AvgIpc) is 3.11. The largest absolute Gasteiger partial charge is 0.454 e. The number of nitrogens with zero attached hydrogens (tertiary/aromatic N) is 1. The Hall–Kier alpha value is -2.70. The molecule has 0 saturated carbocycles. The molecule has 116 valence electrons. The molecule has 1 aromatic rings. The van der Waals surface area contributed by atoms with Gasteiger partial charge >= 0.3 is 6.09 Å². The maximum absolute atomic E-state index is 12.0. The van der Waals surface area contributed by atoms with Crippen molar-refractivity contribution in [3.8, 4) is 11.5 Å². The van der Waals surface area contributed by atoms with E-state index in [-0.39, 0.29) is 25.3 Å². The summed E-state index contributed by atoms with van der Waals surface area (Å²) >= 11 is 0. The smallest absolute Gasteiger partial charge is 0.414 e. The van der Waals surface area contributed by atoms with E-state index in [1.54, 1.807) is 31.2 Å². The Morgan fingerprint density at radius 1 is 1.41 bits per heavy atom. The molecule has 3 rings (SSSR count). The molecule has 0 radical (unpaired) electrons. The van der Waals surface area contributed by atoms with Crippen molar-refractivity contribution >= 4 is 17.7 Å². The molecule has 2 aliphatic heterocycles. The SMILES string of the molecule is C/C=C\C(=O)NCC1CN(c2ccc3c(c2)OCO3)C(=O)O1. The van der Waals surface area contributed by atoms with Gasteiger partial charge in [-0.05, 0) is 25.1 Å². The lowest BCUT2D eigenvalue weighted by atomic mass is 10.2. The van der Waals surface area contributed by atoms with Crippen LogP contribution in [-0.2, 0) is 9.53 Å². The number of cyclic esters (lactones) is 1. The quantitative estimate of drug-likeness (QED) is 0.852. The van der Waals surface area contributed by atoms with Crippen LogP contribution < -0.4 is 19.7 Å². The van der Waals surface area contributed by atoms with Crippen molar-refractivity contribution in [2.75, 3.05) is 24.8 Å². The highest BCUT2D eigenvalue weighted by atomic mass is 16.7. The van der Waals surface area contributed by atoms with Crippen molar-refractivity contribution in [1.29, 1.82) is 0 Å². The lowest BCUT2D eigenvalue weighted by molar-refractivity contribution is -0.116. The molecule has 1 aromatic carbocycles. The lowest BCUT2D eigenvalue weighted by Gasteiger charge is -2.13. The summed E-state index contributed by atoms with van der Waals surface area (Å²) in [5, 5.41) is 2.69. The number of hydrogen-bond acceptors (Lipinski definition) is 5. The summed E-state index contributed by atoms with van der Waals surface area (Å²) in [6.07, 6.45) is 2.25. The molecule has 1 N–H and O–H groups in total. The van der Waals surface area contributed by atoms with E-state index in [0.29, 0.717) is 23.7 Å². The molecule has 7 heteroatoms. The van der Waals surface area contributed by atoms with E-state index in [1.807, 2.05) is 0 Å². The van der Waals surface area contributed by atoms with Crippen molar-refractivity contribution in [2.45, 2.75) is 13.0 Å². The number of ether oxygens (including phenoxy) is 3. The Labute approximate surface area is 127 Å². The molecule has 1 atom stereocenters. The van der Waals surface area contributed by atoms with Gasteiger partial charge in [-0.25, -0.2) is 4.79 Å². The zero-order chi connectivity index (χ0) is 15.5. The summed E-state index contributed by atoms with van der Waals surface area (Å²) < 4.78 is 15.8. The van der Waals surface area contributed by atoms with Gasteiger partial charge in [-0.2, -0.15) is 0 Å². The first kappa shape index (κ1) is 14.2. The molecule has 22 heavy (non-hydrogen) atoms. The van der Waals surface area contributed by atoms with E-state index in [1.165, 1.54) is 11.0 Å². The first-order chi connectivity index (χ1) is 10.7. The van der Waals surface area contributed by atoms with Crippen LogP contribution in [0.3, 0.4) is 0 Å². The molecular weight excluding hydrogens is 288 g/mol. The van der Waals surface area contributed by atoms with Gasteiger partial charge in [0.1, 0.15) is 6.10 Å². The van der Waals surface area contributed by atoms with E-state index >= 15 is 0 Å². The molecule has 2 aliphatic rings. The molecule has 0 aromatic heterocycles. The fraction of sp³-hybridized carbons (Fsp3) is 0.333. The van der Waals surface area contributed by atoms with Gasteiger partial charge in [0, 0.05) is 6.07 Å². The van der Waals surface area contributed by atoms with Crippen LogP contribution >= 0.6 is 0 Å². The van der Waals surface area contributed by atoms with Gasteiger partial charge in [0.2, 0.25) is 12.7 Å². The zero-order valence-electron chi connectivity index (χ0n) is 12.1. The van der Waals surface area contributed by atoms with Crippen LogP contribution in [0.1, 0.15) is 6.92 Å². The monoisotopic (exact) mass is 304 g/mol. The average molecular weight is 304 g/mol. The number of benzene rings is 1. The van der Waals surface area contributed by atoms with Crippen LogP contribution in [-0.4, -0.2) is 38.0 Å². The van der Waals surface area contributed by atoms with Gasteiger partial charge in [-0.15, -0.1) is 0 Å². The third-order valence-corrected chi connectivity index (χ3v) is 3.36. The van der Waals surface area contributed by atoms with Gasteiger partial charge in [0.05, 0.1) is 18.8 Å². The molecule has 2 amide bonds. The van der Waals surface area contributed by atoms with Crippen LogP contribution in [0.5, 0.6) is 11.5 Å². The molecule has 0 aliphatic carbocycles. The highest BCUT2D eigenvalue weighted by molar-refractivity contribution is 5.90. The number of amides is 2. The highest BCUT2D eigenvalue weighted by Crippen LogP contribution is 2.36. The highest BCUT2D eigenvalue weighted by Gasteiger charge is 2.33. The minimum Gasteiger partial charge on any atom is -0.454 e. The number of hydrogen-bond donors (Lipinski definition) is 1. The Morgan fingerprint density at radius 3 is 3.05 bits per heavy atom. The molecule has 2 heterocycles. The number of allylic oxidation sites excluding steroid dienone is 1. The number of carbonyl (C=O) groups is 2. The second-order valence-electron chi connectivity index (χ2n) is 4.90. The van der Waals surface area contributed by atoms with Crippen LogP contribution in [0.4, 0.5) is 10.5 Å². The van der Waals surface area contributed by atoms with E-state index < -0.39 is 6.09 Å². The molecular formula is C15H16N2O5. The Kier molecular flexibility index (Phi) is 3.86. The predicted molar refractivity (Wildman–Crippen MR) is 78.0 cm³/mol. The van der Waals surface area contributed by atoms with E-state index in [2.05, 4.69) is 5.32 Å². The summed E-state index contributed by atoms with van der Waals surface area (Å²) in [5.41, 5.74) is 0.677. The van der Waals surface area contributed by atoms with Gasteiger partial charge in [-0.1, -0.05) is 6.08 Å². The first-order valence-electron chi connectivity index (χ1n) is 6.95. The predicted octanol–water partition coefficient (Wildman–Crippen LogP) is 1.43. The first-order valence-corrected chi connectivity index (χ1v) is 6.95. The lowest BCUT2D eigenvalue weighted by Crippen LogP contribution is -2.33. The van der Waals surface area contributed by atoms with Crippen molar-refractivity contribution in [2.24, 2.45) is 0 Å². The Morgan fingerprint density at radius 2 is 2.23 bits per heavy atom. The van der Waals surface area contributed by atoms with Crippen molar-refractivity contribution in [1.82, 2.24) is 5.32 Å². The normalized spacial score (nSPS) is 19.6. The van der Waals surface area contributed by atoms with Gasteiger partial charge < -0.3 is 19.5 Å². The minimum atomic E-state index is -0.441. The molecule has 7 nitrogen and oxygen atoms in total. The van der Waals surface area contributed by atoms with Gasteiger partial charge in [-0.3, -0.25) is 9.69 Å². The molecule has 0 bridgehead atoms. The van der Waals surface area contributed by atoms with E-state index in [9.17, 15) is 9.59 Å². The number of nitrogens with one attached hydrogen (secondary N) is 1. The van der Waals surface area contributed by atoms with Crippen LogP contribution in [0, 0.1) is 0 Å². The summed E-state index contributed by atoms with van der Waals surface area (Å²) in [7, 11) is 0. The molecule has 1 saturated heterocycles. The standard InChI is InChI=1S/C15H16N2O5/c1-2-3-14(18)16-7-11-8-17(15(19)22-11)10-4-5-12-13(6-10)21-9-20-12/h2-6,11H,7-9H2,1H3,(H,16,18)/b3-2-. The fourth-order valence-corrected chi connectivity index (χ4v) is 2.32. The second-order valence-corrected chi connectivity index (χ2v) is 4.90. The number of carbonyl (C=O) groups excluding carboxylic acids is 2. The Balaban J connectivity index is 1.63. The summed E-state index contributed by atoms with van der Waals surface area (Å²) in [6.45, 7) is 2.59. The fourth-order valence-electron chi connectivity index (χ4n) is 2.32. The van der Waals surface area contributed by atoms with Crippen LogP contribution in [0.2, 0.25) is 0 Å². The van der Waals surface area contributed by atoms with Crippen molar-refractivity contribution in [3.05, 3.63) is 30.4 Å². The van der Waals surface area contributed by atoms with Gasteiger partial charge in [0.15, 0.2) is 11.5 Å². The summed E-state index contributed by atoms with van der Waals surface area (Å²) in [4.78, 5) is 24.8. The zero-order valence-corrected chi connectivity index (χ0v) is 12.1. The summed E-state index contributed by atoms with van der Waals surface area (Å²) in [5.74, 6) is 1.06.